The Morgan fingerprint density at radius 3 is 2.97 bits per heavy atom. The smallest absolute Gasteiger partial charge is 0.310 e. The first-order chi connectivity index (χ1) is 14.5. The van der Waals surface area contributed by atoms with Crippen LogP contribution < -0.4 is 5.32 Å². The second-order valence-corrected chi connectivity index (χ2v) is 10.7. The van der Waals surface area contributed by atoms with Gasteiger partial charge in [0.2, 0.25) is 0 Å². The van der Waals surface area contributed by atoms with E-state index < -0.39 is 0 Å². The summed E-state index contributed by atoms with van der Waals surface area (Å²) in [5.41, 5.74) is 1.69. The average Bonchev–Trinajstić information content (AvgIpc) is 3.33. The maximum Gasteiger partial charge on any atom is 0.310 e. The number of rotatable bonds is 5. The largest absolute Gasteiger partial charge is 0.469 e. The van der Waals surface area contributed by atoms with E-state index in [4.69, 9.17) is 9.15 Å². The molecule has 1 aliphatic heterocycles. The van der Waals surface area contributed by atoms with Gasteiger partial charge >= 0.3 is 5.97 Å². The molecule has 4 fully saturated rings. The Balaban J connectivity index is 1.24. The van der Waals surface area contributed by atoms with Crippen molar-refractivity contribution in [3.05, 3.63) is 36.3 Å². The van der Waals surface area contributed by atoms with Crippen LogP contribution in [-0.4, -0.2) is 24.7 Å². The minimum absolute atomic E-state index is 0.000431. The van der Waals surface area contributed by atoms with Crippen LogP contribution in [0.2, 0.25) is 0 Å². The zero-order chi connectivity index (χ0) is 20.7. The molecule has 3 aliphatic carbocycles. The molecule has 1 saturated heterocycles. The van der Waals surface area contributed by atoms with Gasteiger partial charge in [0.05, 0.1) is 12.2 Å². The minimum Gasteiger partial charge on any atom is -0.469 e. The van der Waals surface area contributed by atoms with E-state index in [2.05, 4.69) is 24.9 Å². The van der Waals surface area contributed by atoms with Gasteiger partial charge in [-0.05, 0) is 74.3 Å². The summed E-state index contributed by atoms with van der Waals surface area (Å²) in [6.45, 7) is 7.58. The summed E-state index contributed by atoms with van der Waals surface area (Å²) in [4.78, 5) is 12.8. The zero-order valence-corrected chi connectivity index (χ0v) is 18.4. The van der Waals surface area contributed by atoms with Crippen LogP contribution in [0.3, 0.4) is 0 Å². The van der Waals surface area contributed by atoms with Crippen LogP contribution >= 0.6 is 0 Å². The minimum atomic E-state index is 0.000431. The maximum atomic E-state index is 12.8. The first kappa shape index (κ1) is 20.4. The highest BCUT2D eigenvalue weighted by molar-refractivity contribution is 5.75. The van der Waals surface area contributed by atoms with Crippen molar-refractivity contribution in [2.24, 2.45) is 29.1 Å². The number of allylic oxidation sites excluding steroid dienone is 1. The van der Waals surface area contributed by atoms with Crippen molar-refractivity contribution < 1.29 is 13.9 Å². The number of furan rings is 1. The molecule has 0 amide bonds. The van der Waals surface area contributed by atoms with Crippen molar-refractivity contribution in [1.82, 2.24) is 5.32 Å². The predicted molar refractivity (Wildman–Crippen MR) is 117 cm³/mol. The van der Waals surface area contributed by atoms with Gasteiger partial charge in [-0.15, -0.1) is 0 Å². The van der Waals surface area contributed by atoms with Crippen LogP contribution in [0, 0.1) is 29.1 Å². The third kappa shape index (κ3) is 3.77. The average molecular weight is 412 g/mol. The van der Waals surface area contributed by atoms with E-state index in [-0.39, 0.29) is 23.4 Å². The molecule has 0 bridgehead atoms. The Bertz CT molecular complexity index is 771. The molecule has 7 atom stereocenters. The first-order valence-electron chi connectivity index (χ1n) is 12.2. The molecule has 2 heterocycles. The summed E-state index contributed by atoms with van der Waals surface area (Å²) in [7, 11) is 0. The van der Waals surface area contributed by atoms with Crippen molar-refractivity contribution in [2.75, 3.05) is 6.54 Å². The highest BCUT2D eigenvalue weighted by Gasteiger charge is 2.55. The van der Waals surface area contributed by atoms with Gasteiger partial charge in [0, 0.05) is 24.9 Å². The molecular weight excluding hydrogens is 374 g/mol. The molecule has 0 aromatic carbocycles. The molecule has 5 rings (SSSR count). The number of nitrogens with one attached hydrogen (secondary N) is 1. The molecule has 4 heteroatoms. The van der Waals surface area contributed by atoms with Crippen molar-refractivity contribution in [2.45, 2.75) is 83.3 Å². The molecule has 4 nitrogen and oxygen atoms in total. The SMILES string of the molecule is C=C1CCC[C@]2(C)C[C@H]3OC(=O)[C@@H](CN[C@H]4CCCC[C@@H]4Cc4ccco4)[C@@H]3C[C@@H]12. The van der Waals surface area contributed by atoms with Gasteiger partial charge in [0.25, 0.3) is 0 Å². The second kappa shape index (κ2) is 8.18. The van der Waals surface area contributed by atoms with E-state index in [1.54, 1.807) is 6.26 Å². The van der Waals surface area contributed by atoms with Crippen molar-refractivity contribution in [1.29, 1.82) is 0 Å². The van der Waals surface area contributed by atoms with Gasteiger partial charge in [0.15, 0.2) is 0 Å². The van der Waals surface area contributed by atoms with Gasteiger partial charge in [0.1, 0.15) is 11.9 Å². The van der Waals surface area contributed by atoms with Crippen LogP contribution in [0.1, 0.15) is 70.5 Å². The van der Waals surface area contributed by atoms with Gasteiger partial charge in [-0.1, -0.05) is 31.9 Å². The first-order valence-corrected chi connectivity index (χ1v) is 12.2. The highest BCUT2D eigenvalue weighted by atomic mass is 16.6. The molecule has 4 aliphatic rings. The Hall–Kier alpha value is -1.55. The second-order valence-electron chi connectivity index (χ2n) is 10.7. The summed E-state index contributed by atoms with van der Waals surface area (Å²) >= 11 is 0. The van der Waals surface area contributed by atoms with Crippen LogP contribution in [0.25, 0.3) is 0 Å². The fourth-order valence-corrected chi connectivity index (χ4v) is 7.18. The quantitative estimate of drug-likeness (QED) is 0.529. The number of hydrogen-bond donors (Lipinski definition) is 1. The normalized spacial score (nSPS) is 41.2. The Kier molecular flexibility index (Phi) is 5.55. The molecule has 0 radical (unpaired) electrons. The number of fused-ring (bicyclic) bond motifs is 2. The lowest BCUT2D eigenvalue weighted by Gasteiger charge is -2.50. The summed E-state index contributed by atoms with van der Waals surface area (Å²) in [5, 5.41) is 3.82. The van der Waals surface area contributed by atoms with E-state index in [1.807, 2.05) is 6.07 Å². The maximum absolute atomic E-state index is 12.8. The standard InChI is InChI=1S/C26H37NO3/c1-17-7-5-11-26(2)15-24-20(14-22(17)26)21(25(28)30-24)16-27-23-10-4-3-8-18(23)13-19-9-6-12-29-19/h6,9,12,18,20-24,27H,1,3-5,7-8,10-11,13-16H2,2H3/t18-,20+,21+,22+,23+,24-,26-/m1/s1. The topological polar surface area (TPSA) is 51.5 Å². The van der Waals surface area contributed by atoms with Gasteiger partial charge < -0.3 is 14.5 Å². The molecule has 164 valence electrons. The lowest BCUT2D eigenvalue weighted by atomic mass is 9.55. The fourth-order valence-electron chi connectivity index (χ4n) is 7.18. The van der Waals surface area contributed by atoms with E-state index in [0.717, 1.165) is 38.0 Å². The molecule has 1 aromatic rings. The van der Waals surface area contributed by atoms with E-state index in [9.17, 15) is 4.79 Å². The van der Waals surface area contributed by atoms with Crippen molar-refractivity contribution >= 4 is 5.97 Å². The van der Waals surface area contributed by atoms with Crippen molar-refractivity contribution in [3.63, 3.8) is 0 Å². The summed E-state index contributed by atoms with van der Waals surface area (Å²) in [5.74, 6) is 2.61. The van der Waals surface area contributed by atoms with Gasteiger partial charge in [-0.2, -0.15) is 0 Å². The zero-order valence-electron chi connectivity index (χ0n) is 18.4. The third-order valence-corrected chi connectivity index (χ3v) is 8.87. The van der Waals surface area contributed by atoms with E-state index >= 15 is 0 Å². The number of ether oxygens (including phenoxy) is 1. The molecule has 0 unspecified atom stereocenters. The predicted octanol–water partition coefficient (Wildman–Crippen LogP) is 5.28. The Morgan fingerprint density at radius 2 is 2.13 bits per heavy atom. The fraction of sp³-hybridized carbons (Fsp3) is 0.731. The molecule has 0 spiro atoms. The number of esters is 1. The molecule has 3 saturated carbocycles. The monoisotopic (exact) mass is 411 g/mol. The molecular formula is C26H37NO3. The van der Waals surface area contributed by atoms with Crippen LogP contribution in [0.5, 0.6) is 0 Å². The van der Waals surface area contributed by atoms with Gasteiger partial charge in [-0.3, -0.25) is 4.79 Å². The number of carbonyl (C=O) groups is 1. The lowest BCUT2D eigenvalue weighted by Crippen LogP contribution is -2.47. The van der Waals surface area contributed by atoms with Gasteiger partial charge in [-0.25, -0.2) is 0 Å². The molecule has 30 heavy (non-hydrogen) atoms. The van der Waals surface area contributed by atoms with E-state index in [1.165, 1.54) is 44.1 Å². The van der Waals surface area contributed by atoms with E-state index in [0.29, 0.717) is 23.8 Å². The third-order valence-electron chi connectivity index (χ3n) is 8.87. The van der Waals surface area contributed by atoms with Crippen molar-refractivity contribution in [3.8, 4) is 0 Å². The Morgan fingerprint density at radius 1 is 1.27 bits per heavy atom. The molecule has 1 N–H and O–H groups in total. The van der Waals surface area contributed by atoms with Crippen LogP contribution in [0.15, 0.2) is 35.0 Å². The lowest BCUT2D eigenvalue weighted by molar-refractivity contribution is -0.146. The summed E-state index contributed by atoms with van der Waals surface area (Å²) in [6.07, 6.45) is 13.6. The Labute approximate surface area is 180 Å². The molecule has 1 aromatic heterocycles. The number of hydrogen-bond acceptors (Lipinski definition) is 4. The highest BCUT2D eigenvalue weighted by Crippen LogP contribution is 2.56. The van der Waals surface area contributed by atoms with Crippen LogP contribution in [0.4, 0.5) is 0 Å². The summed E-state index contributed by atoms with van der Waals surface area (Å²) in [6, 6.07) is 4.53. The summed E-state index contributed by atoms with van der Waals surface area (Å²) < 4.78 is 11.6. The van der Waals surface area contributed by atoms with Crippen LogP contribution in [-0.2, 0) is 16.0 Å². The number of carbonyl (C=O) groups excluding carboxylic acids is 1.